The Balaban J connectivity index is 1.87. The van der Waals surface area contributed by atoms with Gasteiger partial charge in [0.1, 0.15) is 5.82 Å². The normalized spacial score (nSPS) is 17.6. The highest BCUT2D eigenvalue weighted by Crippen LogP contribution is 2.37. The number of aromatic nitrogens is 3. The number of hydrogen-bond acceptors (Lipinski definition) is 3. The number of aromatic amines is 1. The van der Waals surface area contributed by atoms with Crippen LogP contribution in [0.25, 0.3) is 0 Å². The molecule has 2 N–H and O–H groups in total. The number of rotatable bonds is 4. The minimum absolute atomic E-state index is 0.186. The molecule has 0 aliphatic heterocycles. The summed E-state index contributed by atoms with van der Waals surface area (Å²) in [6, 6.07) is 0. The van der Waals surface area contributed by atoms with Gasteiger partial charge in [0.15, 0.2) is 0 Å². The van der Waals surface area contributed by atoms with Crippen molar-refractivity contribution in [3.8, 4) is 0 Å². The lowest BCUT2D eigenvalue weighted by Crippen LogP contribution is -2.34. The molecular formula is C13H22N4O. The fraction of sp³-hybridized carbons (Fsp3) is 0.769. The molecule has 1 atom stereocenters. The lowest BCUT2D eigenvalue weighted by atomic mass is 9.82. The van der Waals surface area contributed by atoms with Gasteiger partial charge in [-0.2, -0.15) is 0 Å². The molecule has 1 heterocycles. The quantitative estimate of drug-likeness (QED) is 0.859. The molecule has 1 unspecified atom stereocenters. The zero-order valence-corrected chi connectivity index (χ0v) is 11.6. The summed E-state index contributed by atoms with van der Waals surface area (Å²) in [6.07, 6.45) is 2.30. The molecule has 1 fully saturated rings. The first-order chi connectivity index (χ1) is 8.38. The van der Waals surface area contributed by atoms with Gasteiger partial charge in [-0.3, -0.25) is 9.89 Å². The minimum Gasteiger partial charge on any atom is -0.349 e. The van der Waals surface area contributed by atoms with Crippen molar-refractivity contribution in [1.29, 1.82) is 0 Å². The number of hydrogen-bond donors (Lipinski definition) is 2. The van der Waals surface area contributed by atoms with E-state index >= 15 is 0 Å². The van der Waals surface area contributed by atoms with Gasteiger partial charge < -0.3 is 5.32 Å². The zero-order valence-electron chi connectivity index (χ0n) is 11.6. The molecular weight excluding hydrogens is 228 g/mol. The van der Waals surface area contributed by atoms with Crippen molar-refractivity contribution in [2.24, 2.45) is 11.3 Å². The predicted molar refractivity (Wildman–Crippen MR) is 69.3 cm³/mol. The van der Waals surface area contributed by atoms with E-state index in [9.17, 15) is 4.79 Å². The van der Waals surface area contributed by atoms with Crippen LogP contribution in [-0.4, -0.2) is 27.6 Å². The van der Waals surface area contributed by atoms with Crippen LogP contribution in [0.2, 0.25) is 0 Å². The zero-order chi connectivity index (χ0) is 13.3. The average Bonchev–Trinajstić information content (AvgIpc) is 3.02. The lowest BCUT2D eigenvalue weighted by Gasteiger charge is -2.27. The van der Waals surface area contributed by atoms with Crippen LogP contribution in [0.3, 0.4) is 0 Å². The smallest absolute Gasteiger partial charge is 0.290 e. The third kappa shape index (κ3) is 3.09. The van der Waals surface area contributed by atoms with E-state index in [4.69, 9.17) is 0 Å². The Morgan fingerprint density at radius 2 is 2.17 bits per heavy atom. The van der Waals surface area contributed by atoms with Crippen molar-refractivity contribution < 1.29 is 4.79 Å². The van der Waals surface area contributed by atoms with Crippen LogP contribution in [0.5, 0.6) is 0 Å². The van der Waals surface area contributed by atoms with E-state index in [1.807, 2.05) is 0 Å². The molecule has 1 aliphatic rings. The number of amides is 1. The monoisotopic (exact) mass is 250 g/mol. The SMILES string of the molecule is CC(CNC(=O)c1n[nH]c(C2CC2)n1)C(C)(C)C. The Labute approximate surface area is 108 Å². The van der Waals surface area contributed by atoms with Gasteiger partial charge in [-0.05, 0) is 24.2 Å². The van der Waals surface area contributed by atoms with E-state index in [-0.39, 0.29) is 17.1 Å². The molecule has 0 saturated heterocycles. The van der Waals surface area contributed by atoms with Crippen LogP contribution >= 0.6 is 0 Å². The first-order valence-corrected chi connectivity index (χ1v) is 6.58. The van der Waals surface area contributed by atoms with Gasteiger partial charge in [0.05, 0.1) is 0 Å². The fourth-order valence-corrected chi connectivity index (χ4v) is 1.55. The van der Waals surface area contributed by atoms with Crippen molar-refractivity contribution in [3.63, 3.8) is 0 Å². The number of carbonyl (C=O) groups is 1. The van der Waals surface area contributed by atoms with Crippen molar-refractivity contribution in [3.05, 3.63) is 11.6 Å². The minimum atomic E-state index is -0.186. The summed E-state index contributed by atoms with van der Waals surface area (Å²) in [6.45, 7) is 9.29. The molecule has 1 aromatic heterocycles. The number of H-pyrrole nitrogens is 1. The average molecular weight is 250 g/mol. The molecule has 1 saturated carbocycles. The van der Waals surface area contributed by atoms with Crippen molar-refractivity contribution in [2.45, 2.75) is 46.5 Å². The molecule has 1 aliphatic carbocycles. The second-order valence-electron chi connectivity index (χ2n) is 6.30. The summed E-state index contributed by atoms with van der Waals surface area (Å²) in [4.78, 5) is 16.1. The number of carbonyl (C=O) groups excluding carboxylic acids is 1. The highest BCUT2D eigenvalue weighted by molar-refractivity contribution is 5.90. The van der Waals surface area contributed by atoms with E-state index in [2.05, 4.69) is 48.2 Å². The molecule has 0 bridgehead atoms. The summed E-state index contributed by atoms with van der Waals surface area (Å²) in [7, 11) is 0. The molecule has 5 nitrogen and oxygen atoms in total. The van der Waals surface area contributed by atoms with Gasteiger partial charge >= 0.3 is 0 Å². The molecule has 100 valence electrons. The predicted octanol–water partition coefficient (Wildman–Crippen LogP) is 2.09. The van der Waals surface area contributed by atoms with Gasteiger partial charge in [0, 0.05) is 12.5 Å². The van der Waals surface area contributed by atoms with E-state index in [0.29, 0.717) is 18.4 Å². The maximum atomic E-state index is 11.9. The third-order valence-electron chi connectivity index (χ3n) is 3.72. The summed E-state index contributed by atoms with van der Waals surface area (Å²) in [5.41, 5.74) is 0.186. The lowest BCUT2D eigenvalue weighted by molar-refractivity contribution is 0.0927. The van der Waals surface area contributed by atoms with Gasteiger partial charge in [-0.1, -0.05) is 27.7 Å². The Bertz CT molecular complexity index is 428. The van der Waals surface area contributed by atoms with Gasteiger partial charge in [-0.15, -0.1) is 5.10 Å². The second-order valence-corrected chi connectivity index (χ2v) is 6.30. The highest BCUT2D eigenvalue weighted by atomic mass is 16.2. The first-order valence-electron chi connectivity index (χ1n) is 6.58. The van der Waals surface area contributed by atoms with Crippen LogP contribution in [-0.2, 0) is 0 Å². The van der Waals surface area contributed by atoms with Gasteiger partial charge in [0.2, 0.25) is 5.82 Å². The Morgan fingerprint density at radius 1 is 1.50 bits per heavy atom. The van der Waals surface area contributed by atoms with E-state index < -0.39 is 0 Å². The first kappa shape index (κ1) is 13.1. The standard InChI is InChI=1S/C13H22N4O/c1-8(13(2,3)4)7-14-12(18)11-15-10(16-17-11)9-5-6-9/h8-9H,5-7H2,1-4H3,(H,14,18)(H,15,16,17). The molecule has 0 spiro atoms. The van der Waals surface area contributed by atoms with Crippen LogP contribution in [0, 0.1) is 11.3 Å². The molecule has 1 amide bonds. The maximum Gasteiger partial charge on any atom is 0.290 e. The summed E-state index contributed by atoms with van der Waals surface area (Å²) in [5.74, 6) is 1.83. The fourth-order valence-electron chi connectivity index (χ4n) is 1.55. The molecule has 18 heavy (non-hydrogen) atoms. The van der Waals surface area contributed by atoms with Crippen molar-refractivity contribution in [2.75, 3.05) is 6.54 Å². The molecule has 1 aromatic rings. The topological polar surface area (TPSA) is 70.7 Å². The van der Waals surface area contributed by atoms with Gasteiger partial charge in [-0.25, -0.2) is 4.98 Å². The third-order valence-corrected chi connectivity index (χ3v) is 3.72. The summed E-state index contributed by atoms with van der Waals surface area (Å²) < 4.78 is 0. The van der Waals surface area contributed by atoms with E-state index in [0.717, 1.165) is 18.7 Å². The molecule has 5 heteroatoms. The Kier molecular flexibility index (Phi) is 3.41. The van der Waals surface area contributed by atoms with Crippen LogP contribution in [0.1, 0.15) is 62.9 Å². The van der Waals surface area contributed by atoms with Crippen LogP contribution < -0.4 is 5.32 Å². The van der Waals surface area contributed by atoms with E-state index in [1.165, 1.54) is 0 Å². The Hall–Kier alpha value is -1.39. The summed E-state index contributed by atoms with van der Waals surface area (Å²) >= 11 is 0. The van der Waals surface area contributed by atoms with Gasteiger partial charge in [0.25, 0.3) is 5.91 Å². The van der Waals surface area contributed by atoms with Crippen LogP contribution in [0.4, 0.5) is 0 Å². The molecule has 2 rings (SSSR count). The van der Waals surface area contributed by atoms with E-state index in [1.54, 1.807) is 0 Å². The van der Waals surface area contributed by atoms with Crippen molar-refractivity contribution >= 4 is 5.91 Å². The van der Waals surface area contributed by atoms with Crippen LogP contribution in [0.15, 0.2) is 0 Å². The number of nitrogens with zero attached hydrogens (tertiary/aromatic N) is 2. The largest absolute Gasteiger partial charge is 0.349 e. The number of nitrogens with one attached hydrogen (secondary N) is 2. The second kappa shape index (κ2) is 4.71. The Morgan fingerprint density at radius 3 is 2.72 bits per heavy atom. The maximum absolute atomic E-state index is 11.9. The molecule has 0 radical (unpaired) electrons. The highest BCUT2D eigenvalue weighted by Gasteiger charge is 2.28. The summed E-state index contributed by atoms with van der Waals surface area (Å²) in [5, 5.41) is 9.71. The van der Waals surface area contributed by atoms with Crippen molar-refractivity contribution in [1.82, 2.24) is 20.5 Å². The molecule has 0 aromatic carbocycles.